The molecule has 1 aliphatic carbocycles. The predicted molar refractivity (Wildman–Crippen MR) is 102 cm³/mol. The predicted octanol–water partition coefficient (Wildman–Crippen LogP) is 2.56. The third kappa shape index (κ3) is 3.84. The van der Waals surface area contributed by atoms with Crippen molar-refractivity contribution in [3.63, 3.8) is 0 Å². The van der Waals surface area contributed by atoms with Crippen molar-refractivity contribution in [3.05, 3.63) is 65.7 Å². The van der Waals surface area contributed by atoms with Gasteiger partial charge >= 0.3 is 0 Å². The minimum Gasteiger partial charge on any atom is -0.486 e. The molecule has 1 heterocycles. The van der Waals surface area contributed by atoms with Crippen LogP contribution in [0.15, 0.2) is 54.6 Å². The minimum atomic E-state index is -0.382. The third-order valence-corrected chi connectivity index (χ3v) is 5.52. The van der Waals surface area contributed by atoms with Gasteiger partial charge in [-0.3, -0.25) is 4.79 Å². The average Bonchev–Trinajstić information content (AvgIpc) is 3.53. The van der Waals surface area contributed by atoms with E-state index in [-0.39, 0.29) is 30.1 Å². The van der Waals surface area contributed by atoms with Gasteiger partial charge in [0.25, 0.3) is 0 Å². The van der Waals surface area contributed by atoms with Crippen molar-refractivity contribution in [2.75, 3.05) is 13.2 Å². The van der Waals surface area contributed by atoms with Gasteiger partial charge in [0, 0.05) is 6.61 Å². The van der Waals surface area contributed by atoms with E-state index in [0.29, 0.717) is 19.0 Å². The van der Waals surface area contributed by atoms with Gasteiger partial charge in [0.15, 0.2) is 0 Å². The van der Waals surface area contributed by atoms with Gasteiger partial charge in [-0.2, -0.15) is 0 Å². The molecule has 4 rings (SSSR count). The number of rotatable bonds is 6. The quantitative estimate of drug-likeness (QED) is 0.823. The summed E-state index contributed by atoms with van der Waals surface area (Å²) < 4.78 is 11.7. The number of hydrogen-bond acceptors (Lipinski definition) is 4. The van der Waals surface area contributed by atoms with Crippen LogP contribution in [-0.4, -0.2) is 36.4 Å². The summed E-state index contributed by atoms with van der Waals surface area (Å²) in [4.78, 5) is 13.0. The van der Waals surface area contributed by atoms with Crippen molar-refractivity contribution in [2.45, 2.75) is 43.4 Å². The van der Waals surface area contributed by atoms with E-state index in [4.69, 9.17) is 14.6 Å². The lowest BCUT2D eigenvalue weighted by molar-refractivity contribution is -0.126. The molecule has 2 aromatic rings. The summed E-state index contributed by atoms with van der Waals surface area (Å²) in [5.74, 6) is 0.802. The Morgan fingerprint density at radius 3 is 2.56 bits per heavy atom. The van der Waals surface area contributed by atoms with Crippen LogP contribution in [0.2, 0.25) is 0 Å². The van der Waals surface area contributed by atoms with Crippen molar-refractivity contribution >= 4 is 5.91 Å². The van der Waals surface area contributed by atoms with Crippen LogP contribution in [0.5, 0.6) is 5.75 Å². The maximum absolute atomic E-state index is 13.0. The molecule has 0 radical (unpaired) electrons. The molecule has 0 aromatic heterocycles. The molecule has 2 atom stereocenters. The highest BCUT2D eigenvalue weighted by Crippen LogP contribution is 2.48. The van der Waals surface area contributed by atoms with Gasteiger partial charge in [-0.15, -0.1) is 0 Å². The largest absolute Gasteiger partial charge is 0.486 e. The first-order chi connectivity index (χ1) is 13.2. The van der Waals surface area contributed by atoms with Crippen LogP contribution in [0.25, 0.3) is 0 Å². The smallest absolute Gasteiger partial charge is 0.231 e. The van der Waals surface area contributed by atoms with E-state index < -0.39 is 0 Å². The van der Waals surface area contributed by atoms with Gasteiger partial charge in [-0.25, -0.2) is 0 Å². The lowest BCUT2D eigenvalue weighted by Gasteiger charge is -2.33. The molecule has 5 nitrogen and oxygen atoms in total. The summed E-state index contributed by atoms with van der Waals surface area (Å²) in [6.07, 6.45) is 2.28. The van der Waals surface area contributed by atoms with Crippen molar-refractivity contribution in [2.24, 2.45) is 0 Å². The Morgan fingerprint density at radius 2 is 1.89 bits per heavy atom. The van der Waals surface area contributed by atoms with Crippen molar-refractivity contribution in [1.29, 1.82) is 0 Å². The molecule has 0 spiro atoms. The fourth-order valence-corrected chi connectivity index (χ4v) is 3.68. The van der Waals surface area contributed by atoms with Crippen LogP contribution >= 0.6 is 0 Å². The highest BCUT2D eigenvalue weighted by molar-refractivity contribution is 5.91. The Balaban J connectivity index is 1.44. The van der Waals surface area contributed by atoms with Gasteiger partial charge in [0.1, 0.15) is 11.9 Å². The number of ether oxygens (including phenoxy) is 2. The Kier molecular flexibility index (Phi) is 5.14. The maximum Gasteiger partial charge on any atom is 0.231 e. The molecule has 2 fully saturated rings. The van der Waals surface area contributed by atoms with Crippen LogP contribution in [0.4, 0.5) is 0 Å². The summed E-state index contributed by atoms with van der Waals surface area (Å²) in [6, 6.07) is 17.3. The van der Waals surface area contributed by atoms with E-state index in [2.05, 4.69) is 5.32 Å². The molecule has 1 saturated heterocycles. The van der Waals surface area contributed by atoms with E-state index in [1.807, 2.05) is 54.6 Å². The van der Waals surface area contributed by atoms with Crippen LogP contribution in [0, 0.1) is 0 Å². The molecule has 1 amide bonds. The SMILES string of the molecule is O=C(NC1CCOCC1Oc1ccc(CO)cc1)C1(c2ccccc2)CC1. The molecule has 2 unspecified atom stereocenters. The molecule has 27 heavy (non-hydrogen) atoms. The first kappa shape index (κ1) is 18.0. The second-order valence-corrected chi connectivity index (χ2v) is 7.35. The number of aliphatic hydroxyl groups excluding tert-OH is 1. The maximum atomic E-state index is 13.0. The van der Waals surface area contributed by atoms with Crippen molar-refractivity contribution in [3.8, 4) is 5.75 Å². The van der Waals surface area contributed by atoms with Gasteiger partial charge < -0.3 is 19.9 Å². The second-order valence-electron chi connectivity index (χ2n) is 7.35. The zero-order valence-electron chi connectivity index (χ0n) is 15.3. The van der Waals surface area contributed by atoms with Crippen LogP contribution < -0.4 is 10.1 Å². The number of carbonyl (C=O) groups is 1. The lowest BCUT2D eigenvalue weighted by Crippen LogP contribution is -2.53. The molecule has 2 aliphatic rings. The zero-order chi connectivity index (χ0) is 18.7. The summed E-state index contributed by atoms with van der Waals surface area (Å²) in [7, 11) is 0. The van der Waals surface area contributed by atoms with Crippen molar-refractivity contribution in [1.82, 2.24) is 5.32 Å². The number of benzene rings is 2. The Bertz CT molecular complexity index is 771. The molecule has 1 aliphatic heterocycles. The second kappa shape index (κ2) is 7.71. The molecular formula is C22H25NO4. The summed E-state index contributed by atoms with van der Waals surface area (Å²) in [6.45, 7) is 1.07. The number of aliphatic hydroxyl groups is 1. The van der Waals surface area contributed by atoms with Crippen LogP contribution in [0.3, 0.4) is 0 Å². The minimum absolute atomic E-state index is 0.00701. The summed E-state index contributed by atoms with van der Waals surface area (Å²) in [5, 5.41) is 12.4. The average molecular weight is 367 g/mol. The lowest BCUT2D eigenvalue weighted by atomic mass is 9.94. The first-order valence-electron chi connectivity index (χ1n) is 9.52. The fraction of sp³-hybridized carbons (Fsp3) is 0.409. The third-order valence-electron chi connectivity index (χ3n) is 5.52. The molecule has 142 valence electrons. The number of carbonyl (C=O) groups excluding carboxylic acids is 1. The molecule has 1 saturated carbocycles. The van der Waals surface area contributed by atoms with Crippen LogP contribution in [0.1, 0.15) is 30.4 Å². The number of nitrogens with one attached hydrogen (secondary N) is 1. The van der Waals surface area contributed by atoms with Crippen molar-refractivity contribution < 1.29 is 19.4 Å². The normalized spacial score (nSPS) is 23.4. The van der Waals surface area contributed by atoms with Crippen LogP contribution in [-0.2, 0) is 21.6 Å². The molecular weight excluding hydrogens is 342 g/mol. The Morgan fingerprint density at radius 1 is 1.15 bits per heavy atom. The standard InChI is InChI=1S/C22H25NO4/c24-14-16-6-8-18(9-7-16)27-20-15-26-13-10-19(20)23-21(25)22(11-12-22)17-4-2-1-3-5-17/h1-9,19-20,24H,10-15H2,(H,23,25). The zero-order valence-corrected chi connectivity index (χ0v) is 15.3. The summed E-state index contributed by atoms with van der Waals surface area (Å²) in [5.41, 5.74) is 1.55. The molecule has 5 heteroatoms. The van der Waals surface area contributed by atoms with E-state index in [1.165, 1.54) is 0 Å². The van der Waals surface area contributed by atoms with E-state index >= 15 is 0 Å². The topological polar surface area (TPSA) is 67.8 Å². The molecule has 2 aromatic carbocycles. The monoisotopic (exact) mass is 367 g/mol. The van der Waals surface area contributed by atoms with Gasteiger partial charge in [-0.1, -0.05) is 42.5 Å². The highest BCUT2D eigenvalue weighted by atomic mass is 16.5. The number of amides is 1. The summed E-state index contributed by atoms with van der Waals surface area (Å²) >= 11 is 0. The molecule has 2 N–H and O–H groups in total. The Labute approximate surface area is 159 Å². The van der Waals surface area contributed by atoms with Gasteiger partial charge in [-0.05, 0) is 42.5 Å². The van der Waals surface area contributed by atoms with Gasteiger partial charge in [0.2, 0.25) is 5.91 Å². The van der Waals surface area contributed by atoms with E-state index in [0.717, 1.165) is 30.4 Å². The Hall–Kier alpha value is -2.37. The number of hydrogen-bond donors (Lipinski definition) is 2. The van der Waals surface area contributed by atoms with E-state index in [9.17, 15) is 4.79 Å². The van der Waals surface area contributed by atoms with E-state index in [1.54, 1.807) is 0 Å². The fourth-order valence-electron chi connectivity index (χ4n) is 3.68. The highest BCUT2D eigenvalue weighted by Gasteiger charge is 2.52. The molecule has 0 bridgehead atoms. The van der Waals surface area contributed by atoms with Gasteiger partial charge in [0.05, 0.1) is 24.7 Å². The first-order valence-corrected chi connectivity index (χ1v) is 9.52.